The Bertz CT molecular complexity index is 718. The van der Waals surface area contributed by atoms with Crippen LogP contribution < -0.4 is 10.2 Å². The first-order valence-electron chi connectivity index (χ1n) is 10.2. The maximum Gasteiger partial charge on any atom is 0.254 e. The molecule has 0 saturated heterocycles. The number of H-pyrrole nitrogens is 1. The molecule has 2 aromatic heterocycles. The lowest BCUT2D eigenvalue weighted by Crippen LogP contribution is -2.33. The van der Waals surface area contributed by atoms with Gasteiger partial charge in [-0.15, -0.1) is 14.5 Å². The number of hydrogen-bond donors (Lipinski definition) is 2. The summed E-state index contributed by atoms with van der Waals surface area (Å²) >= 11 is 1.10. The lowest BCUT2D eigenvalue weighted by atomic mass is 9.94. The van der Waals surface area contributed by atoms with Crippen molar-refractivity contribution in [3.63, 3.8) is 0 Å². The Hall–Kier alpha value is -1.74. The Morgan fingerprint density at radius 2 is 1.96 bits per heavy atom. The SMILES string of the molecule is CCCCCCC(CCCC)C(=O)NC(C)c1nnc2cc(OOSC)[nH]n12. The van der Waals surface area contributed by atoms with Gasteiger partial charge >= 0.3 is 0 Å². The smallest absolute Gasteiger partial charge is 0.254 e. The van der Waals surface area contributed by atoms with Gasteiger partial charge in [0.25, 0.3) is 5.88 Å². The number of carbonyl (C=O) groups excluding carboxylic acids is 1. The van der Waals surface area contributed by atoms with Crippen molar-refractivity contribution in [3.8, 4) is 5.88 Å². The van der Waals surface area contributed by atoms with Crippen molar-refractivity contribution in [1.82, 2.24) is 25.1 Å². The second-order valence-electron chi connectivity index (χ2n) is 7.11. The summed E-state index contributed by atoms with van der Waals surface area (Å²) in [6.07, 6.45) is 10.5. The highest BCUT2D eigenvalue weighted by atomic mass is 32.2. The minimum absolute atomic E-state index is 0.0557. The van der Waals surface area contributed by atoms with Crippen LogP contribution in [0.3, 0.4) is 0 Å². The van der Waals surface area contributed by atoms with Crippen LogP contribution in [-0.4, -0.2) is 32.0 Å². The van der Waals surface area contributed by atoms with Gasteiger partial charge in [0.1, 0.15) is 0 Å². The number of amides is 1. The number of fused-ring (bicyclic) bond motifs is 1. The zero-order valence-electron chi connectivity index (χ0n) is 17.4. The predicted octanol–water partition coefficient (Wildman–Crippen LogP) is 4.60. The number of nitrogens with zero attached hydrogens (tertiary/aromatic N) is 3. The van der Waals surface area contributed by atoms with E-state index >= 15 is 0 Å². The van der Waals surface area contributed by atoms with Crippen LogP contribution in [0.2, 0.25) is 0 Å². The second-order valence-corrected chi connectivity index (χ2v) is 7.58. The molecule has 2 heterocycles. The number of aromatic nitrogens is 4. The van der Waals surface area contributed by atoms with Gasteiger partial charge in [-0.05, 0) is 19.8 Å². The van der Waals surface area contributed by atoms with Gasteiger partial charge in [-0.25, -0.2) is 4.52 Å². The fourth-order valence-electron chi connectivity index (χ4n) is 3.24. The first-order chi connectivity index (χ1) is 13.6. The monoisotopic (exact) mass is 411 g/mol. The van der Waals surface area contributed by atoms with Crippen molar-refractivity contribution >= 4 is 23.6 Å². The molecule has 1 amide bonds. The van der Waals surface area contributed by atoms with Gasteiger partial charge in [-0.2, -0.15) is 0 Å². The highest BCUT2D eigenvalue weighted by molar-refractivity contribution is 7.93. The molecule has 0 aliphatic heterocycles. The lowest BCUT2D eigenvalue weighted by Gasteiger charge is -2.19. The van der Waals surface area contributed by atoms with Crippen molar-refractivity contribution in [2.75, 3.05) is 6.26 Å². The quantitative estimate of drug-likeness (QED) is 0.204. The van der Waals surface area contributed by atoms with Gasteiger partial charge in [-0.1, -0.05) is 52.4 Å². The minimum Gasteiger partial charge on any atom is -0.346 e. The Morgan fingerprint density at radius 1 is 1.21 bits per heavy atom. The third-order valence-corrected chi connectivity index (χ3v) is 5.02. The van der Waals surface area contributed by atoms with Gasteiger partial charge in [0.15, 0.2) is 11.5 Å². The van der Waals surface area contributed by atoms with Crippen LogP contribution in [0.5, 0.6) is 5.88 Å². The van der Waals surface area contributed by atoms with Crippen LogP contribution in [0, 0.1) is 5.92 Å². The molecule has 0 fully saturated rings. The maximum absolute atomic E-state index is 12.9. The third kappa shape index (κ3) is 6.41. The Labute approximate surface area is 171 Å². The van der Waals surface area contributed by atoms with Gasteiger partial charge in [0.2, 0.25) is 5.91 Å². The number of unbranched alkanes of at least 4 members (excludes halogenated alkanes) is 4. The highest BCUT2D eigenvalue weighted by Crippen LogP contribution is 2.21. The van der Waals surface area contributed by atoms with Gasteiger partial charge in [-0.3, -0.25) is 9.89 Å². The summed E-state index contributed by atoms with van der Waals surface area (Å²) in [6.45, 7) is 6.28. The fraction of sp³-hybridized carbons (Fsp3) is 0.737. The molecule has 2 unspecified atom stereocenters. The van der Waals surface area contributed by atoms with E-state index in [9.17, 15) is 4.79 Å². The summed E-state index contributed by atoms with van der Waals surface area (Å²) in [6, 6.07) is 1.43. The molecular formula is C19H33N5O3S. The van der Waals surface area contributed by atoms with E-state index in [1.165, 1.54) is 19.3 Å². The lowest BCUT2D eigenvalue weighted by molar-refractivity contribution is -0.126. The van der Waals surface area contributed by atoms with Gasteiger partial charge in [0, 0.05) is 24.2 Å². The van der Waals surface area contributed by atoms with E-state index in [4.69, 9.17) is 9.22 Å². The molecule has 0 spiro atoms. The van der Waals surface area contributed by atoms with Gasteiger partial charge < -0.3 is 10.2 Å². The summed E-state index contributed by atoms with van der Waals surface area (Å²) in [5.74, 6) is 1.21. The Kier molecular flexibility index (Phi) is 9.63. The number of rotatable bonds is 14. The zero-order chi connectivity index (χ0) is 20.4. The molecule has 0 aliphatic rings. The Morgan fingerprint density at radius 3 is 2.68 bits per heavy atom. The molecule has 0 saturated carbocycles. The van der Waals surface area contributed by atoms with Crippen LogP contribution >= 0.6 is 12.0 Å². The molecule has 0 radical (unpaired) electrons. The highest BCUT2D eigenvalue weighted by Gasteiger charge is 2.23. The summed E-state index contributed by atoms with van der Waals surface area (Å²) in [5.41, 5.74) is 0.609. The molecule has 158 valence electrons. The van der Waals surface area contributed by atoms with Crippen molar-refractivity contribution in [1.29, 1.82) is 0 Å². The molecular weight excluding hydrogens is 378 g/mol. The van der Waals surface area contributed by atoms with Crippen molar-refractivity contribution < 1.29 is 14.0 Å². The topological polar surface area (TPSA) is 93.5 Å². The van der Waals surface area contributed by atoms with Crippen LogP contribution in [0.15, 0.2) is 6.07 Å². The molecule has 9 heteroatoms. The number of carbonyl (C=O) groups is 1. The van der Waals surface area contributed by atoms with E-state index in [0.717, 1.165) is 44.1 Å². The van der Waals surface area contributed by atoms with E-state index in [-0.39, 0.29) is 17.9 Å². The van der Waals surface area contributed by atoms with E-state index in [0.29, 0.717) is 17.4 Å². The molecule has 0 aromatic carbocycles. The van der Waals surface area contributed by atoms with Crippen LogP contribution in [-0.2, 0) is 9.13 Å². The predicted molar refractivity (Wildman–Crippen MR) is 111 cm³/mol. The first kappa shape index (κ1) is 22.5. The fourth-order valence-corrected chi connectivity index (χ4v) is 3.38. The minimum atomic E-state index is -0.268. The number of aromatic amines is 1. The Balaban J connectivity index is 1.99. The molecule has 28 heavy (non-hydrogen) atoms. The summed E-state index contributed by atoms with van der Waals surface area (Å²) < 4.78 is 6.56. The molecule has 2 rings (SSSR count). The summed E-state index contributed by atoms with van der Waals surface area (Å²) in [5, 5.41) is 14.5. The largest absolute Gasteiger partial charge is 0.346 e. The van der Waals surface area contributed by atoms with Crippen molar-refractivity contribution in [2.45, 2.75) is 78.2 Å². The molecule has 0 bridgehead atoms. The van der Waals surface area contributed by atoms with E-state index in [1.54, 1.807) is 16.8 Å². The van der Waals surface area contributed by atoms with E-state index in [2.05, 4.69) is 34.5 Å². The number of hydrogen-bond acceptors (Lipinski definition) is 6. The van der Waals surface area contributed by atoms with Crippen LogP contribution in [0.25, 0.3) is 5.65 Å². The maximum atomic E-state index is 12.9. The van der Waals surface area contributed by atoms with Crippen molar-refractivity contribution in [2.24, 2.45) is 5.92 Å². The number of nitrogens with one attached hydrogen (secondary N) is 2. The van der Waals surface area contributed by atoms with E-state index in [1.807, 2.05) is 6.92 Å². The first-order valence-corrected chi connectivity index (χ1v) is 11.4. The summed E-state index contributed by atoms with van der Waals surface area (Å²) in [7, 11) is 0. The second kappa shape index (κ2) is 12.0. The average Bonchev–Trinajstić information content (AvgIpc) is 3.25. The molecule has 2 aromatic rings. The van der Waals surface area contributed by atoms with Crippen LogP contribution in [0.4, 0.5) is 0 Å². The van der Waals surface area contributed by atoms with E-state index < -0.39 is 0 Å². The van der Waals surface area contributed by atoms with Crippen LogP contribution in [0.1, 0.15) is 84.0 Å². The third-order valence-electron chi connectivity index (χ3n) is 4.82. The zero-order valence-corrected chi connectivity index (χ0v) is 18.2. The molecule has 8 nitrogen and oxygen atoms in total. The standard InChI is InChI=1S/C19H33N5O3S/c1-5-7-9-10-12-15(11-8-6-2)19(25)20-14(3)18-22-21-16-13-17(23-24(16)18)26-27-28-4/h13-15,23H,5-12H2,1-4H3,(H,20,25). The van der Waals surface area contributed by atoms with Gasteiger partial charge in [0.05, 0.1) is 12.1 Å². The molecule has 2 N–H and O–H groups in total. The molecule has 0 aliphatic carbocycles. The molecule has 2 atom stereocenters. The summed E-state index contributed by atoms with van der Waals surface area (Å²) in [4.78, 5) is 18.0. The van der Waals surface area contributed by atoms with Crippen molar-refractivity contribution in [3.05, 3.63) is 11.9 Å². The normalized spacial score (nSPS) is 13.6. The average molecular weight is 412 g/mol.